The van der Waals surface area contributed by atoms with Crippen molar-refractivity contribution in [3.63, 3.8) is 0 Å². The highest BCUT2D eigenvalue weighted by atomic mass is 35.5. The van der Waals surface area contributed by atoms with Gasteiger partial charge in [0.2, 0.25) is 0 Å². The van der Waals surface area contributed by atoms with Crippen molar-refractivity contribution in [1.82, 2.24) is 5.32 Å². The van der Waals surface area contributed by atoms with Gasteiger partial charge in [0, 0.05) is 23.2 Å². The van der Waals surface area contributed by atoms with Crippen LogP contribution in [0.4, 0.5) is 5.69 Å². The van der Waals surface area contributed by atoms with E-state index in [1.54, 1.807) is 12.1 Å². The van der Waals surface area contributed by atoms with E-state index in [0.29, 0.717) is 10.6 Å². The minimum Gasteiger partial charge on any atom is -0.468 e. The van der Waals surface area contributed by atoms with Gasteiger partial charge in [-0.3, -0.25) is 14.9 Å². The van der Waals surface area contributed by atoms with E-state index in [1.807, 2.05) is 0 Å². The molecule has 7 heteroatoms. The van der Waals surface area contributed by atoms with Crippen molar-refractivity contribution in [1.29, 1.82) is 0 Å². The first-order chi connectivity index (χ1) is 8.04. The van der Waals surface area contributed by atoms with E-state index < -0.39 is 10.9 Å². The summed E-state index contributed by atoms with van der Waals surface area (Å²) >= 11 is 5.67. The summed E-state index contributed by atoms with van der Waals surface area (Å²) in [6.07, 6.45) is 0. The van der Waals surface area contributed by atoms with Crippen LogP contribution < -0.4 is 5.32 Å². The van der Waals surface area contributed by atoms with Gasteiger partial charge in [-0.2, -0.15) is 0 Å². The molecule has 0 fully saturated rings. The summed E-state index contributed by atoms with van der Waals surface area (Å²) in [6.45, 7) is 0.193. The molecule has 92 valence electrons. The van der Waals surface area contributed by atoms with E-state index in [1.165, 1.54) is 13.2 Å². The smallest absolute Gasteiger partial charge is 0.319 e. The number of carbonyl (C=O) groups is 1. The van der Waals surface area contributed by atoms with Crippen LogP contribution in [0.5, 0.6) is 0 Å². The third-order valence-corrected chi connectivity index (χ3v) is 2.29. The van der Waals surface area contributed by atoms with Crippen molar-refractivity contribution in [3.05, 3.63) is 38.9 Å². The average Bonchev–Trinajstić information content (AvgIpc) is 2.30. The molecule has 1 rings (SSSR count). The molecule has 0 aromatic heterocycles. The average molecular weight is 259 g/mol. The number of rotatable bonds is 5. The number of halogens is 1. The van der Waals surface area contributed by atoms with E-state index in [9.17, 15) is 14.9 Å². The van der Waals surface area contributed by atoms with Crippen molar-refractivity contribution in [3.8, 4) is 0 Å². The number of carbonyl (C=O) groups excluding carboxylic acids is 1. The molecule has 0 amide bonds. The summed E-state index contributed by atoms with van der Waals surface area (Å²) in [7, 11) is 1.27. The molecule has 0 bridgehead atoms. The van der Waals surface area contributed by atoms with Gasteiger partial charge in [-0.05, 0) is 12.1 Å². The molecule has 6 nitrogen and oxygen atoms in total. The fraction of sp³-hybridized carbons (Fsp3) is 0.300. The second kappa shape index (κ2) is 6.17. The molecular weight excluding hydrogens is 248 g/mol. The molecular formula is C10H11ClN2O4. The number of ether oxygens (including phenoxy) is 1. The first kappa shape index (κ1) is 13.4. The van der Waals surface area contributed by atoms with Gasteiger partial charge in [-0.25, -0.2) is 0 Å². The molecule has 0 aliphatic rings. The Morgan fingerprint density at radius 1 is 1.59 bits per heavy atom. The van der Waals surface area contributed by atoms with Crippen LogP contribution in [0.25, 0.3) is 0 Å². The quantitative estimate of drug-likeness (QED) is 0.492. The summed E-state index contributed by atoms with van der Waals surface area (Å²) in [5, 5.41) is 13.8. The number of nitro groups is 1. The highest BCUT2D eigenvalue weighted by molar-refractivity contribution is 6.30. The normalized spacial score (nSPS) is 10.0. The predicted molar refractivity (Wildman–Crippen MR) is 61.8 cm³/mol. The standard InChI is InChI=1S/C10H11ClN2O4/c1-17-10(14)6-12-5-7-2-3-8(11)4-9(7)13(15)16/h2-4,12H,5-6H2,1H3. The lowest BCUT2D eigenvalue weighted by molar-refractivity contribution is -0.385. The van der Waals surface area contributed by atoms with Crippen LogP contribution >= 0.6 is 11.6 Å². The molecule has 1 aromatic rings. The number of benzene rings is 1. The van der Waals surface area contributed by atoms with E-state index in [4.69, 9.17) is 11.6 Å². The molecule has 1 aromatic carbocycles. The van der Waals surface area contributed by atoms with Crippen molar-refractivity contribution >= 4 is 23.3 Å². The lowest BCUT2D eigenvalue weighted by Gasteiger charge is -2.05. The largest absolute Gasteiger partial charge is 0.468 e. The maximum absolute atomic E-state index is 10.8. The third kappa shape index (κ3) is 4.01. The second-order valence-corrected chi connectivity index (χ2v) is 3.65. The Balaban J connectivity index is 2.70. The van der Waals surface area contributed by atoms with Crippen LogP contribution in [-0.4, -0.2) is 24.5 Å². The summed E-state index contributed by atoms with van der Waals surface area (Å²) < 4.78 is 4.43. The number of nitrogens with one attached hydrogen (secondary N) is 1. The van der Waals surface area contributed by atoms with Crippen LogP contribution in [0.1, 0.15) is 5.56 Å². The summed E-state index contributed by atoms with van der Waals surface area (Å²) in [4.78, 5) is 21.1. The Morgan fingerprint density at radius 3 is 2.88 bits per heavy atom. The van der Waals surface area contributed by atoms with Gasteiger partial charge < -0.3 is 10.1 Å². The Labute approximate surface area is 103 Å². The number of nitro benzene ring substituents is 1. The van der Waals surface area contributed by atoms with Crippen molar-refractivity contribution in [2.45, 2.75) is 6.54 Å². The van der Waals surface area contributed by atoms with E-state index in [0.717, 1.165) is 0 Å². The zero-order chi connectivity index (χ0) is 12.8. The van der Waals surface area contributed by atoms with Gasteiger partial charge in [0.05, 0.1) is 18.6 Å². The molecule has 0 unspecified atom stereocenters. The summed E-state index contributed by atoms with van der Waals surface area (Å²) in [6, 6.07) is 4.38. The van der Waals surface area contributed by atoms with Crippen LogP contribution in [-0.2, 0) is 16.1 Å². The second-order valence-electron chi connectivity index (χ2n) is 3.21. The number of hydrogen-bond acceptors (Lipinski definition) is 5. The maximum atomic E-state index is 10.8. The van der Waals surface area contributed by atoms with Crippen LogP contribution in [0.3, 0.4) is 0 Å². The van der Waals surface area contributed by atoms with Gasteiger partial charge in [0.25, 0.3) is 5.69 Å². The highest BCUT2D eigenvalue weighted by Gasteiger charge is 2.14. The van der Waals surface area contributed by atoms with Gasteiger partial charge in [-0.15, -0.1) is 0 Å². The predicted octanol–water partition coefficient (Wildman–Crippen LogP) is 1.51. The summed E-state index contributed by atoms with van der Waals surface area (Å²) in [5.41, 5.74) is 0.387. The first-order valence-electron chi connectivity index (χ1n) is 4.75. The van der Waals surface area contributed by atoms with Gasteiger partial charge in [0.1, 0.15) is 0 Å². The van der Waals surface area contributed by atoms with Crippen molar-refractivity contribution in [2.75, 3.05) is 13.7 Å². The Morgan fingerprint density at radius 2 is 2.29 bits per heavy atom. The molecule has 0 saturated carbocycles. The van der Waals surface area contributed by atoms with Crippen LogP contribution in [0.2, 0.25) is 5.02 Å². The lowest BCUT2D eigenvalue weighted by atomic mass is 10.2. The van der Waals surface area contributed by atoms with Crippen LogP contribution in [0.15, 0.2) is 18.2 Å². The molecule has 0 aliphatic carbocycles. The number of methoxy groups -OCH3 is 1. The number of esters is 1. The van der Waals surface area contributed by atoms with E-state index >= 15 is 0 Å². The molecule has 17 heavy (non-hydrogen) atoms. The Hall–Kier alpha value is -1.66. The van der Waals surface area contributed by atoms with Gasteiger partial charge >= 0.3 is 5.97 Å². The number of hydrogen-bond donors (Lipinski definition) is 1. The van der Waals surface area contributed by atoms with E-state index in [-0.39, 0.29) is 18.8 Å². The topological polar surface area (TPSA) is 81.5 Å². The monoisotopic (exact) mass is 258 g/mol. The summed E-state index contributed by atoms with van der Waals surface area (Å²) in [5.74, 6) is -0.429. The van der Waals surface area contributed by atoms with Gasteiger partial charge in [-0.1, -0.05) is 11.6 Å². The molecule has 0 radical (unpaired) electrons. The zero-order valence-corrected chi connectivity index (χ0v) is 9.86. The molecule has 0 aliphatic heterocycles. The molecule has 0 atom stereocenters. The lowest BCUT2D eigenvalue weighted by Crippen LogP contribution is -2.23. The fourth-order valence-corrected chi connectivity index (χ4v) is 1.39. The SMILES string of the molecule is COC(=O)CNCc1ccc(Cl)cc1[N+](=O)[O-]. The molecule has 0 heterocycles. The first-order valence-corrected chi connectivity index (χ1v) is 5.12. The minimum absolute atomic E-state index is 0.00369. The molecule has 0 saturated heterocycles. The fourth-order valence-electron chi connectivity index (χ4n) is 1.23. The minimum atomic E-state index is -0.513. The molecule has 1 N–H and O–H groups in total. The van der Waals surface area contributed by atoms with Gasteiger partial charge in [0.15, 0.2) is 0 Å². The third-order valence-electron chi connectivity index (χ3n) is 2.06. The molecule has 0 spiro atoms. The zero-order valence-electron chi connectivity index (χ0n) is 9.10. The highest BCUT2D eigenvalue weighted by Crippen LogP contribution is 2.22. The van der Waals surface area contributed by atoms with Crippen LogP contribution in [0, 0.1) is 10.1 Å². The van der Waals surface area contributed by atoms with Crippen molar-refractivity contribution < 1.29 is 14.5 Å². The Bertz CT molecular complexity index is 436. The Kier molecular flexibility index (Phi) is 4.86. The maximum Gasteiger partial charge on any atom is 0.319 e. The number of nitrogens with zero attached hydrogens (tertiary/aromatic N) is 1. The van der Waals surface area contributed by atoms with E-state index in [2.05, 4.69) is 10.1 Å². The van der Waals surface area contributed by atoms with Crippen molar-refractivity contribution in [2.24, 2.45) is 0 Å².